The van der Waals surface area contributed by atoms with Gasteiger partial charge in [0.2, 0.25) is 0 Å². The van der Waals surface area contributed by atoms with E-state index in [0.717, 1.165) is 10.5 Å². The summed E-state index contributed by atoms with van der Waals surface area (Å²) < 4.78 is 5.03. The Morgan fingerprint density at radius 1 is 1.19 bits per heavy atom. The maximum atomic E-state index is 13.2. The fourth-order valence-corrected chi connectivity index (χ4v) is 4.51. The second kappa shape index (κ2) is 7.77. The predicted molar refractivity (Wildman–Crippen MR) is 104 cm³/mol. The summed E-state index contributed by atoms with van der Waals surface area (Å²) in [5.41, 5.74) is 3.46. The van der Waals surface area contributed by atoms with Crippen LogP contribution in [0.25, 0.3) is 6.08 Å². The Hall–Kier alpha value is -2.55. The molecule has 26 heavy (non-hydrogen) atoms. The lowest BCUT2D eigenvalue weighted by atomic mass is 9.74. The molecule has 0 saturated heterocycles. The molecule has 2 unspecified atom stereocenters. The third-order valence-electron chi connectivity index (χ3n) is 4.68. The fourth-order valence-electron chi connectivity index (χ4n) is 3.18. The van der Waals surface area contributed by atoms with E-state index in [1.807, 2.05) is 61.5 Å². The molecule has 3 nitrogen and oxygen atoms in total. The number of thioether (sulfide) groups is 1. The molecule has 1 aliphatic rings. The molecule has 0 aromatic heterocycles. The number of methoxy groups -OCH3 is 1. The fraction of sp³-hybridized carbons (Fsp3) is 0.227. The molecule has 1 heterocycles. The monoisotopic (exact) mass is 364 g/mol. The first-order valence-corrected chi connectivity index (χ1v) is 9.32. The number of ketones is 1. The van der Waals surface area contributed by atoms with Crippen LogP contribution in [-0.4, -0.2) is 24.1 Å². The summed E-state index contributed by atoms with van der Waals surface area (Å²) in [7, 11) is 1.33. The van der Waals surface area contributed by atoms with Crippen LogP contribution in [0.3, 0.4) is 0 Å². The van der Waals surface area contributed by atoms with Crippen molar-refractivity contribution in [2.45, 2.75) is 23.5 Å². The number of fused-ring (bicyclic) bond motifs is 1. The van der Waals surface area contributed by atoms with Gasteiger partial charge in [0.1, 0.15) is 5.41 Å². The van der Waals surface area contributed by atoms with Crippen LogP contribution in [0, 0.1) is 5.41 Å². The average molecular weight is 364 g/mol. The van der Waals surface area contributed by atoms with Crippen molar-refractivity contribution in [2.75, 3.05) is 7.11 Å². The molecule has 0 bridgehead atoms. The summed E-state index contributed by atoms with van der Waals surface area (Å²) >= 11 is 1.54. The Bertz CT molecular complexity index is 881. The van der Waals surface area contributed by atoms with Gasteiger partial charge in [0, 0.05) is 15.7 Å². The van der Waals surface area contributed by atoms with Gasteiger partial charge in [-0.05, 0) is 30.2 Å². The van der Waals surface area contributed by atoms with Crippen LogP contribution in [0.15, 0.2) is 71.3 Å². The van der Waals surface area contributed by atoms with Crippen LogP contribution in [-0.2, 0) is 9.53 Å². The normalized spacial score (nSPS) is 21.3. The molecule has 2 aromatic rings. The maximum absolute atomic E-state index is 13.2. The van der Waals surface area contributed by atoms with Crippen LogP contribution >= 0.6 is 11.8 Å². The Kier molecular flexibility index (Phi) is 5.46. The number of ether oxygens (including phenoxy) is 1. The molecule has 132 valence electrons. The van der Waals surface area contributed by atoms with E-state index in [-0.39, 0.29) is 17.5 Å². The Balaban J connectivity index is 1.96. The van der Waals surface area contributed by atoms with E-state index >= 15 is 0 Å². The Morgan fingerprint density at radius 2 is 1.88 bits per heavy atom. The lowest BCUT2D eigenvalue weighted by Gasteiger charge is -2.38. The van der Waals surface area contributed by atoms with Gasteiger partial charge in [-0.1, -0.05) is 55.5 Å². The summed E-state index contributed by atoms with van der Waals surface area (Å²) in [4.78, 5) is 26.8. The molecule has 0 aliphatic carbocycles. The van der Waals surface area contributed by atoms with Gasteiger partial charge in [-0.25, -0.2) is 0 Å². The molecule has 2 atom stereocenters. The third-order valence-corrected chi connectivity index (χ3v) is 6.04. The van der Waals surface area contributed by atoms with Gasteiger partial charge in [0.05, 0.1) is 7.11 Å². The summed E-state index contributed by atoms with van der Waals surface area (Å²) in [6, 6.07) is 17.2. The van der Waals surface area contributed by atoms with Gasteiger partial charge in [-0.3, -0.25) is 9.59 Å². The van der Waals surface area contributed by atoms with Crippen LogP contribution in [0.5, 0.6) is 0 Å². The molecule has 0 amide bonds. The smallest absolute Gasteiger partial charge is 0.321 e. The maximum Gasteiger partial charge on any atom is 0.321 e. The van der Waals surface area contributed by atoms with Crippen LogP contribution in [0.4, 0.5) is 0 Å². The van der Waals surface area contributed by atoms with E-state index in [9.17, 15) is 9.59 Å². The number of carbonyl (C=O) groups is 2. The lowest BCUT2D eigenvalue weighted by Crippen LogP contribution is -2.49. The first-order valence-electron chi connectivity index (χ1n) is 8.44. The van der Waals surface area contributed by atoms with E-state index in [1.54, 1.807) is 23.9 Å². The van der Waals surface area contributed by atoms with Crippen molar-refractivity contribution in [3.8, 4) is 0 Å². The number of benzene rings is 2. The van der Waals surface area contributed by atoms with Crippen molar-refractivity contribution >= 4 is 29.6 Å². The van der Waals surface area contributed by atoms with Gasteiger partial charge < -0.3 is 4.74 Å². The standard InChI is InChI=1S/C22H20O3S/c1-16-22(21(24)25-2,15-9-8-12-17-10-4-3-5-11-17)20(23)18-13-6-7-14-19(18)26-16/h3-7,9-14,16H,15H2,1-2H3. The summed E-state index contributed by atoms with van der Waals surface area (Å²) in [5.74, 6) is -0.668. The van der Waals surface area contributed by atoms with E-state index in [2.05, 4.69) is 5.73 Å². The number of hydrogen-bond donors (Lipinski definition) is 0. The van der Waals surface area contributed by atoms with Gasteiger partial charge in [0.15, 0.2) is 5.78 Å². The van der Waals surface area contributed by atoms with Crippen LogP contribution < -0.4 is 0 Å². The molecular weight excluding hydrogens is 344 g/mol. The highest BCUT2D eigenvalue weighted by Crippen LogP contribution is 2.48. The molecule has 0 N–H and O–H groups in total. The number of esters is 1. The van der Waals surface area contributed by atoms with Crippen molar-refractivity contribution in [1.29, 1.82) is 0 Å². The van der Waals surface area contributed by atoms with E-state index in [1.165, 1.54) is 7.11 Å². The third kappa shape index (κ3) is 3.26. The quantitative estimate of drug-likeness (QED) is 0.445. The van der Waals surface area contributed by atoms with Gasteiger partial charge in [0.25, 0.3) is 0 Å². The number of allylic oxidation sites excluding steroid dienone is 1. The van der Waals surface area contributed by atoms with Crippen molar-refractivity contribution in [3.63, 3.8) is 0 Å². The summed E-state index contributed by atoms with van der Waals surface area (Å²) in [6.45, 7) is 1.91. The van der Waals surface area contributed by atoms with E-state index in [4.69, 9.17) is 4.74 Å². The molecule has 3 rings (SSSR count). The molecule has 4 heteroatoms. The summed E-state index contributed by atoms with van der Waals surface area (Å²) in [6.07, 6.45) is 3.85. The Labute approximate surface area is 157 Å². The van der Waals surface area contributed by atoms with Gasteiger partial charge in [-0.15, -0.1) is 17.5 Å². The average Bonchev–Trinajstić information content (AvgIpc) is 2.68. The first-order chi connectivity index (χ1) is 12.6. The van der Waals surface area contributed by atoms with E-state index < -0.39 is 11.4 Å². The molecule has 0 radical (unpaired) electrons. The topological polar surface area (TPSA) is 43.4 Å². The van der Waals surface area contributed by atoms with E-state index in [0.29, 0.717) is 5.56 Å². The minimum Gasteiger partial charge on any atom is -0.468 e. The second-order valence-electron chi connectivity index (χ2n) is 6.18. The molecule has 0 spiro atoms. The highest BCUT2D eigenvalue weighted by molar-refractivity contribution is 8.00. The molecule has 1 aliphatic heterocycles. The van der Waals surface area contributed by atoms with Crippen LogP contribution in [0.2, 0.25) is 0 Å². The highest BCUT2D eigenvalue weighted by Gasteiger charge is 2.54. The van der Waals surface area contributed by atoms with Gasteiger partial charge in [-0.2, -0.15) is 0 Å². The van der Waals surface area contributed by atoms with Gasteiger partial charge >= 0.3 is 5.97 Å². The number of rotatable bonds is 4. The van der Waals surface area contributed by atoms with Crippen molar-refractivity contribution in [1.82, 2.24) is 0 Å². The zero-order chi connectivity index (χ0) is 18.6. The number of carbonyl (C=O) groups excluding carboxylic acids is 2. The van der Waals surface area contributed by atoms with Crippen molar-refractivity contribution in [3.05, 3.63) is 77.5 Å². The minimum absolute atomic E-state index is 0.177. The SMILES string of the molecule is COC(=O)C1(CC=C=Cc2ccccc2)C(=O)c2ccccc2SC1C. The number of Topliss-reactive ketones (excluding diaryl/α,β-unsaturated/α-hetero) is 1. The second-order valence-corrected chi connectivity index (χ2v) is 7.56. The minimum atomic E-state index is -1.23. The largest absolute Gasteiger partial charge is 0.468 e. The summed E-state index contributed by atoms with van der Waals surface area (Å²) in [5, 5.41) is -0.230. The molecule has 0 saturated carbocycles. The van der Waals surface area contributed by atoms with Crippen molar-refractivity contribution in [2.24, 2.45) is 5.41 Å². The molecular formula is C22H20O3S. The molecule has 0 fully saturated rings. The predicted octanol–water partition coefficient (Wildman–Crippen LogP) is 4.78. The Morgan fingerprint density at radius 3 is 2.62 bits per heavy atom. The van der Waals surface area contributed by atoms with Crippen LogP contribution in [0.1, 0.15) is 29.3 Å². The first kappa shape index (κ1) is 18.2. The lowest BCUT2D eigenvalue weighted by molar-refractivity contribution is -0.149. The molecule has 2 aromatic carbocycles. The number of hydrogen-bond acceptors (Lipinski definition) is 4. The highest BCUT2D eigenvalue weighted by atomic mass is 32.2. The zero-order valence-corrected chi connectivity index (χ0v) is 15.6. The van der Waals surface area contributed by atoms with Crippen molar-refractivity contribution < 1.29 is 14.3 Å². The zero-order valence-electron chi connectivity index (χ0n) is 14.8.